The van der Waals surface area contributed by atoms with Crippen molar-refractivity contribution in [1.29, 1.82) is 0 Å². The molecule has 33 heavy (non-hydrogen) atoms. The Bertz CT molecular complexity index is 1400. The van der Waals surface area contributed by atoms with Crippen molar-refractivity contribution in [2.24, 2.45) is 0 Å². The molecule has 1 aliphatic carbocycles. The molecule has 3 aromatic carbocycles. The Morgan fingerprint density at radius 1 is 0.758 bits per heavy atom. The molecule has 0 bridgehead atoms. The third kappa shape index (κ3) is 3.36. The van der Waals surface area contributed by atoms with Gasteiger partial charge in [0, 0.05) is 27.1 Å². The lowest BCUT2D eigenvalue weighted by atomic mass is 9.80. The van der Waals surface area contributed by atoms with Gasteiger partial charge < -0.3 is 4.57 Å². The maximum atomic E-state index is 6.70. The number of rotatable bonds is 1. The zero-order valence-corrected chi connectivity index (χ0v) is 21.9. The Hall–Kier alpha value is -2.51. The molecule has 0 spiro atoms. The summed E-state index contributed by atoms with van der Waals surface area (Å²) in [6.07, 6.45) is 0. The van der Waals surface area contributed by atoms with Crippen LogP contribution in [0.5, 0.6) is 0 Å². The van der Waals surface area contributed by atoms with E-state index in [9.17, 15) is 0 Å². The molecule has 0 atom stereocenters. The Morgan fingerprint density at radius 2 is 1.42 bits per heavy atom. The minimum atomic E-state index is -0.0721. The molecular weight excluding hydrogens is 422 g/mol. The summed E-state index contributed by atoms with van der Waals surface area (Å²) in [4.78, 5) is 0. The van der Waals surface area contributed by atoms with E-state index in [-0.39, 0.29) is 16.2 Å². The van der Waals surface area contributed by atoms with Gasteiger partial charge >= 0.3 is 0 Å². The predicted molar refractivity (Wildman–Crippen MR) is 143 cm³/mol. The fourth-order valence-corrected chi connectivity index (χ4v) is 5.65. The van der Waals surface area contributed by atoms with Crippen molar-refractivity contribution >= 4 is 22.5 Å². The van der Waals surface area contributed by atoms with Gasteiger partial charge in [-0.2, -0.15) is 0 Å². The summed E-state index contributed by atoms with van der Waals surface area (Å²) < 4.78 is 2.45. The van der Waals surface area contributed by atoms with Crippen LogP contribution in [-0.4, -0.2) is 4.57 Å². The van der Waals surface area contributed by atoms with E-state index in [1.54, 1.807) is 0 Å². The SMILES string of the molecule is CC(C)(C)c1cc(Cl)cc(-n2c3c(c4cc(C(C)(C)C)ccc42)C(C)(C)c2ccccc2-3)c1. The van der Waals surface area contributed by atoms with E-state index < -0.39 is 0 Å². The van der Waals surface area contributed by atoms with Gasteiger partial charge in [-0.3, -0.25) is 0 Å². The first kappa shape index (κ1) is 22.3. The van der Waals surface area contributed by atoms with Crippen LogP contribution in [0.4, 0.5) is 0 Å². The first-order valence-corrected chi connectivity index (χ1v) is 12.3. The maximum Gasteiger partial charge on any atom is 0.0585 e. The molecule has 1 aromatic heterocycles. The van der Waals surface area contributed by atoms with Gasteiger partial charge in [-0.25, -0.2) is 0 Å². The highest BCUT2D eigenvalue weighted by Crippen LogP contribution is 2.54. The van der Waals surface area contributed by atoms with Gasteiger partial charge in [0.1, 0.15) is 0 Å². The maximum absolute atomic E-state index is 6.70. The number of benzene rings is 3. The summed E-state index contributed by atoms with van der Waals surface area (Å²) in [5.74, 6) is 0. The summed E-state index contributed by atoms with van der Waals surface area (Å²) in [5.41, 5.74) is 10.5. The third-order valence-corrected chi connectivity index (χ3v) is 7.54. The van der Waals surface area contributed by atoms with Crippen LogP contribution in [0.3, 0.4) is 0 Å². The Morgan fingerprint density at radius 3 is 2.09 bits per heavy atom. The van der Waals surface area contributed by atoms with E-state index in [0.29, 0.717) is 0 Å². The van der Waals surface area contributed by atoms with Crippen molar-refractivity contribution in [3.8, 4) is 16.9 Å². The molecule has 5 rings (SSSR count). The van der Waals surface area contributed by atoms with Crippen molar-refractivity contribution in [3.63, 3.8) is 0 Å². The first-order valence-electron chi connectivity index (χ1n) is 11.9. The van der Waals surface area contributed by atoms with Crippen LogP contribution < -0.4 is 0 Å². The smallest absolute Gasteiger partial charge is 0.0585 e. The van der Waals surface area contributed by atoms with Crippen LogP contribution in [0.15, 0.2) is 60.7 Å². The second-order valence-electron chi connectivity index (χ2n) is 12.2. The van der Waals surface area contributed by atoms with E-state index in [1.807, 2.05) is 0 Å². The number of aromatic nitrogens is 1. The molecule has 0 aliphatic heterocycles. The fraction of sp³-hybridized carbons (Fsp3) is 0.355. The molecule has 170 valence electrons. The molecule has 0 radical (unpaired) electrons. The molecule has 0 saturated heterocycles. The molecule has 0 fully saturated rings. The van der Waals surface area contributed by atoms with Gasteiger partial charge in [-0.15, -0.1) is 0 Å². The normalized spacial score (nSPS) is 15.1. The minimum Gasteiger partial charge on any atom is -0.309 e. The van der Waals surface area contributed by atoms with E-state index in [2.05, 4.69) is 121 Å². The van der Waals surface area contributed by atoms with Crippen LogP contribution in [0, 0.1) is 0 Å². The molecule has 1 nitrogen and oxygen atoms in total. The highest BCUT2D eigenvalue weighted by molar-refractivity contribution is 6.30. The lowest BCUT2D eigenvalue weighted by Crippen LogP contribution is -2.15. The minimum absolute atomic E-state index is 0.0162. The molecular formula is C31H34ClN. The van der Waals surface area contributed by atoms with Crippen molar-refractivity contribution in [3.05, 3.63) is 87.9 Å². The summed E-state index contributed by atoms with van der Waals surface area (Å²) in [5, 5.41) is 2.13. The van der Waals surface area contributed by atoms with Crippen molar-refractivity contribution < 1.29 is 0 Å². The molecule has 1 aliphatic rings. The van der Waals surface area contributed by atoms with Crippen molar-refractivity contribution in [2.45, 2.75) is 71.6 Å². The summed E-state index contributed by atoms with van der Waals surface area (Å²) in [6, 6.07) is 22.4. The standard InChI is InChI=1S/C31H34ClN/c1-29(2,3)19-13-14-26-24(17-19)27-28(23-11-9-10-12-25(23)31(27,7)8)33(26)22-16-20(30(4,5)6)15-21(32)18-22/h9-18H,1-8H3. The van der Waals surface area contributed by atoms with E-state index in [0.717, 1.165) is 10.7 Å². The molecule has 0 amide bonds. The second-order valence-corrected chi connectivity index (χ2v) is 12.6. The van der Waals surface area contributed by atoms with Crippen molar-refractivity contribution in [2.75, 3.05) is 0 Å². The van der Waals surface area contributed by atoms with E-state index in [1.165, 1.54) is 44.4 Å². The Kier molecular flexibility index (Phi) is 4.73. The van der Waals surface area contributed by atoms with Crippen LogP contribution in [0.2, 0.25) is 5.02 Å². The molecule has 2 heteroatoms. The highest BCUT2D eigenvalue weighted by Gasteiger charge is 2.40. The number of fused-ring (bicyclic) bond motifs is 5. The first-order chi connectivity index (χ1) is 15.3. The van der Waals surface area contributed by atoms with Crippen LogP contribution in [0.25, 0.3) is 27.8 Å². The molecule has 4 aromatic rings. The number of hydrogen-bond acceptors (Lipinski definition) is 0. The molecule has 1 heterocycles. The van der Waals surface area contributed by atoms with Gasteiger partial charge in [0.2, 0.25) is 0 Å². The van der Waals surface area contributed by atoms with Crippen molar-refractivity contribution in [1.82, 2.24) is 4.57 Å². The topological polar surface area (TPSA) is 4.93 Å². The number of halogens is 1. The average molecular weight is 456 g/mol. The van der Waals surface area contributed by atoms with E-state index >= 15 is 0 Å². The largest absolute Gasteiger partial charge is 0.309 e. The van der Waals surface area contributed by atoms with Gasteiger partial charge in [-0.05, 0) is 63.4 Å². The summed E-state index contributed by atoms with van der Waals surface area (Å²) >= 11 is 6.70. The van der Waals surface area contributed by atoms with Gasteiger partial charge in [0.05, 0.1) is 11.2 Å². The summed E-state index contributed by atoms with van der Waals surface area (Å²) in [6.45, 7) is 18.3. The summed E-state index contributed by atoms with van der Waals surface area (Å²) in [7, 11) is 0. The third-order valence-electron chi connectivity index (χ3n) is 7.32. The lowest BCUT2D eigenvalue weighted by Gasteiger charge is -2.23. The van der Waals surface area contributed by atoms with Crippen LogP contribution >= 0.6 is 11.6 Å². The highest BCUT2D eigenvalue weighted by atomic mass is 35.5. The predicted octanol–water partition coefficient (Wildman–Crippen LogP) is 9.19. The quantitative estimate of drug-likeness (QED) is 0.269. The monoisotopic (exact) mass is 455 g/mol. The molecule has 0 unspecified atom stereocenters. The van der Waals surface area contributed by atoms with Gasteiger partial charge in [0.25, 0.3) is 0 Å². The van der Waals surface area contributed by atoms with Gasteiger partial charge in [0.15, 0.2) is 0 Å². The average Bonchev–Trinajstić information content (AvgIpc) is 3.17. The fourth-order valence-electron chi connectivity index (χ4n) is 5.42. The zero-order valence-electron chi connectivity index (χ0n) is 21.1. The lowest BCUT2D eigenvalue weighted by molar-refractivity contribution is 0.589. The Labute approximate surface area is 203 Å². The second kappa shape index (κ2) is 7.00. The number of hydrogen-bond donors (Lipinski definition) is 0. The molecule has 0 N–H and O–H groups in total. The van der Waals surface area contributed by atoms with Gasteiger partial charge in [-0.1, -0.05) is 97.3 Å². The molecule has 0 saturated carbocycles. The van der Waals surface area contributed by atoms with Crippen LogP contribution in [0.1, 0.15) is 77.6 Å². The van der Waals surface area contributed by atoms with Crippen LogP contribution in [-0.2, 0) is 16.2 Å². The zero-order chi connectivity index (χ0) is 23.9. The van der Waals surface area contributed by atoms with E-state index in [4.69, 9.17) is 11.6 Å². The Balaban J connectivity index is 1.94. The number of nitrogens with zero attached hydrogens (tertiary/aromatic N) is 1.